The van der Waals surface area contributed by atoms with Gasteiger partial charge in [-0.1, -0.05) is 0 Å². The lowest BCUT2D eigenvalue weighted by Crippen LogP contribution is -2.56. The Hall–Kier alpha value is -1.49. The fourth-order valence-corrected chi connectivity index (χ4v) is 4.81. The van der Waals surface area contributed by atoms with Gasteiger partial charge in [0.05, 0.1) is 19.0 Å². The summed E-state index contributed by atoms with van der Waals surface area (Å²) in [4.78, 5) is 10.4. The molecule has 0 aliphatic carbocycles. The number of methoxy groups -OCH3 is 1. The first kappa shape index (κ1) is 20.2. The molecule has 1 aromatic rings. The lowest BCUT2D eigenvalue weighted by atomic mass is 9.92. The van der Waals surface area contributed by atoms with E-state index in [-0.39, 0.29) is 6.54 Å². The van der Waals surface area contributed by atoms with Crippen LogP contribution in [0.15, 0.2) is 12.4 Å². The number of anilines is 1. The van der Waals surface area contributed by atoms with Crippen molar-refractivity contribution in [1.29, 1.82) is 0 Å². The predicted octanol–water partition coefficient (Wildman–Crippen LogP) is 0.148. The number of nitrogens with zero attached hydrogens (tertiary/aromatic N) is 4. The van der Waals surface area contributed by atoms with Gasteiger partial charge in [0.2, 0.25) is 15.9 Å². The number of nitrogens with one attached hydrogen (secondary N) is 1. The third-order valence-electron chi connectivity index (χ3n) is 5.30. The zero-order chi connectivity index (χ0) is 19.5. The summed E-state index contributed by atoms with van der Waals surface area (Å²) in [7, 11) is -1.69. The average molecular weight is 400 g/mol. The van der Waals surface area contributed by atoms with Crippen molar-refractivity contribution in [2.45, 2.75) is 37.3 Å². The highest BCUT2D eigenvalue weighted by Crippen LogP contribution is 2.26. The highest BCUT2D eigenvalue weighted by atomic mass is 32.2. The summed E-state index contributed by atoms with van der Waals surface area (Å²) in [5, 5.41) is 14.3. The van der Waals surface area contributed by atoms with Gasteiger partial charge in [-0.05, 0) is 25.7 Å². The van der Waals surface area contributed by atoms with Gasteiger partial charge in [0.1, 0.15) is 12.1 Å². The van der Waals surface area contributed by atoms with Crippen LogP contribution >= 0.6 is 0 Å². The molecule has 2 aliphatic rings. The van der Waals surface area contributed by atoms with Crippen LogP contribution in [0.5, 0.6) is 5.88 Å². The standard InChI is InChI=1S/C17H29N5O4S/c1-26-16-10-15(18-13-19-16)20-14-4-8-21(9-5-14)11-17(23)6-3-7-22(12-17)27(2,24)25/h10,13-14,23H,3-9,11-12H2,1-2H3,(H,18,19,20). The van der Waals surface area contributed by atoms with Crippen molar-refractivity contribution in [2.24, 2.45) is 0 Å². The molecule has 2 aliphatic heterocycles. The Balaban J connectivity index is 1.50. The molecule has 3 heterocycles. The number of sulfonamides is 1. The summed E-state index contributed by atoms with van der Waals surface area (Å²) < 4.78 is 30.1. The molecular formula is C17H29N5O4S. The molecule has 0 aromatic carbocycles. The maximum atomic E-state index is 11.8. The number of rotatable bonds is 6. The van der Waals surface area contributed by atoms with Crippen LogP contribution in [-0.4, -0.2) is 90.4 Å². The number of β-amino-alcohol motifs (C(OH)–C–C–N with tert-alkyl or cyclic N) is 1. The van der Waals surface area contributed by atoms with Gasteiger partial charge in [-0.3, -0.25) is 0 Å². The Labute approximate surface area is 160 Å². The van der Waals surface area contributed by atoms with Crippen LogP contribution in [0.2, 0.25) is 0 Å². The van der Waals surface area contributed by atoms with E-state index in [0.29, 0.717) is 37.9 Å². The second kappa shape index (κ2) is 8.26. The lowest BCUT2D eigenvalue weighted by Gasteiger charge is -2.42. The van der Waals surface area contributed by atoms with Crippen molar-refractivity contribution < 1.29 is 18.3 Å². The average Bonchev–Trinajstić information content (AvgIpc) is 2.63. The molecule has 2 N–H and O–H groups in total. The molecule has 10 heteroatoms. The van der Waals surface area contributed by atoms with E-state index in [2.05, 4.69) is 20.2 Å². The highest BCUT2D eigenvalue weighted by molar-refractivity contribution is 7.88. The summed E-state index contributed by atoms with van der Waals surface area (Å²) in [5.41, 5.74) is -0.971. The molecule has 2 saturated heterocycles. The first-order valence-corrected chi connectivity index (χ1v) is 11.1. The molecule has 0 amide bonds. The molecule has 27 heavy (non-hydrogen) atoms. The molecular weight excluding hydrogens is 370 g/mol. The monoisotopic (exact) mass is 399 g/mol. The molecule has 0 radical (unpaired) electrons. The molecule has 2 fully saturated rings. The van der Waals surface area contributed by atoms with Gasteiger partial charge in [-0.15, -0.1) is 0 Å². The topological polar surface area (TPSA) is 108 Å². The summed E-state index contributed by atoms with van der Waals surface area (Å²) in [6.45, 7) is 2.88. The Bertz CT molecular complexity index is 739. The molecule has 1 unspecified atom stereocenters. The van der Waals surface area contributed by atoms with Crippen LogP contribution in [0.1, 0.15) is 25.7 Å². The fraction of sp³-hybridized carbons (Fsp3) is 0.765. The summed E-state index contributed by atoms with van der Waals surface area (Å²) >= 11 is 0. The van der Waals surface area contributed by atoms with Crippen LogP contribution in [0.25, 0.3) is 0 Å². The Morgan fingerprint density at radius 2 is 2.07 bits per heavy atom. The van der Waals surface area contributed by atoms with Crippen LogP contribution in [0.4, 0.5) is 5.82 Å². The van der Waals surface area contributed by atoms with E-state index in [1.54, 1.807) is 13.2 Å². The van der Waals surface area contributed by atoms with Crippen molar-refractivity contribution >= 4 is 15.8 Å². The third-order valence-corrected chi connectivity index (χ3v) is 6.55. The number of likely N-dealkylation sites (tertiary alicyclic amines) is 1. The van der Waals surface area contributed by atoms with E-state index in [4.69, 9.17) is 4.74 Å². The first-order valence-electron chi connectivity index (χ1n) is 9.30. The number of piperidine rings is 2. The zero-order valence-electron chi connectivity index (χ0n) is 16.0. The number of ether oxygens (including phenoxy) is 1. The quantitative estimate of drug-likeness (QED) is 0.696. The molecule has 9 nitrogen and oxygen atoms in total. The van der Waals surface area contributed by atoms with Gasteiger partial charge >= 0.3 is 0 Å². The van der Waals surface area contributed by atoms with E-state index in [1.165, 1.54) is 16.9 Å². The Morgan fingerprint density at radius 1 is 1.33 bits per heavy atom. The van der Waals surface area contributed by atoms with Crippen molar-refractivity contribution in [2.75, 3.05) is 51.4 Å². The maximum absolute atomic E-state index is 11.8. The molecule has 1 atom stereocenters. The minimum Gasteiger partial charge on any atom is -0.481 e. The molecule has 0 spiro atoms. The van der Waals surface area contributed by atoms with Crippen LogP contribution in [0.3, 0.4) is 0 Å². The van der Waals surface area contributed by atoms with Crippen molar-refractivity contribution in [3.05, 3.63) is 12.4 Å². The van der Waals surface area contributed by atoms with Crippen molar-refractivity contribution in [1.82, 2.24) is 19.2 Å². The highest BCUT2D eigenvalue weighted by Gasteiger charge is 2.38. The van der Waals surface area contributed by atoms with Gasteiger partial charge < -0.3 is 20.1 Å². The van der Waals surface area contributed by atoms with E-state index >= 15 is 0 Å². The smallest absolute Gasteiger partial charge is 0.218 e. The van der Waals surface area contributed by atoms with Crippen LogP contribution < -0.4 is 10.1 Å². The number of hydrogen-bond acceptors (Lipinski definition) is 8. The number of aliphatic hydroxyl groups is 1. The number of hydrogen-bond donors (Lipinski definition) is 2. The largest absolute Gasteiger partial charge is 0.481 e. The normalized spacial score (nSPS) is 26.0. The summed E-state index contributed by atoms with van der Waals surface area (Å²) in [5.74, 6) is 1.27. The van der Waals surface area contributed by atoms with Crippen LogP contribution in [-0.2, 0) is 10.0 Å². The van der Waals surface area contributed by atoms with Gasteiger partial charge in [0, 0.05) is 44.8 Å². The molecule has 3 rings (SSSR count). The zero-order valence-corrected chi connectivity index (χ0v) is 16.8. The molecule has 0 saturated carbocycles. The van der Waals surface area contributed by atoms with Gasteiger partial charge in [0.15, 0.2) is 0 Å². The molecule has 152 valence electrons. The van der Waals surface area contributed by atoms with Crippen molar-refractivity contribution in [3.63, 3.8) is 0 Å². The minimum absolute atomic E-state index is 0.185. The van der Waals surface area contributed by atoms with E-state index < -0.39 is 15.6 Å². The van der Waals surface area contributed by atoms with Gasteiger partial charge in [-0.2, -0.15) is 4.31 Å². The fourth-order valence-electron chi connectivity index (χ4n) is 3.87. The first-order chi connectivity index (χ1) is 12.8. The van der Waals surface area contributed by atoms with E-state index in [0.717, 1.165) is 31.7 Å². The predicted molar refractivity (Wildman–Crippen MR) is 102 cm³/mol. The second-order valence-electron chi connectivity index (χ2n) is 7.56. The second-order valence-corrected chi connectivity index (χ2v) is 9.55. The van der Waals surface area contributed by atoms with Gasteiger partial charge in [0.25, 0.3) is 0 Å². The molecule has 1 aromatic heterocycles. The van der Waals surface area contributed by atoms with E-state index in [1.807, 2.05) is 0 Å². The third kappa shape index (κ3) is 5.50. The van der Waals surface area contributed by atoms with E-state index in [9.17, 15) is 13.5 Å². The SMILES string of the molecule is COc1cc(NC2CCN(CC3(O)CCCN(S(C)(=O)=O)C3)CC2)ncn1. The van der Waals surface area contributed by atoms with Crippen molar-refractivity contribution in [3.8, 4) is 5.88 Å². The number of aromatic nitrogens is 2. The Kier molecular flexibility index (Phi) is 6.19. The summed E-state index contributed by atoms with van der Waals surface area (Å²) in [6.07, 6.45) is 5.87. The lowest BCUT2D eigenvalue weighted by molar-refractivity contribution is -0.0383. The maximum Gasteiger partial charge on any atom is 0.218 e. The van der Waals surface area contributed by atoms with Gasteiger partial charge in [-0.25, -0.2) is 18.4 Å². The summed E-state index contributed by atoms with van der Waals surface area (Å²) in [6, 6.07) is 2.08. The Morgan fingerprint density at radius 3 is 2.74 bits per heavy atom. The van der Waals surface area contributed by atoms with Crippen LogP contribution in [0, 0.1) is 0 Å². The minimum atomic E-state index is -3.26. The molecule has 0 bridgehead atoms.